The van der Waals surface area contributed by atoms with Gasteiger partial charge in [0.25, 0.3) is 0 Å². The molecule has 2 unspecified atom stereocenters. The van der Waals surface area contributed by atoms with Crippen LogP contribution in [0.2, 0.25) is 0 Å². The van der Waals surface area contributed by atoms with Crippen molar-refractivity contribution in [3.05, 3.63) is 78.2 Å². The Kier molecular flexibility index (Phi) is 6.96. The summed E-state index contributed by atoms with van der Waals surface area (Å²) in [6, 6.07) is 20.3. The van der Waals surface area contributed by atoms with Gasteiger partial charge in [0.2, 0.25) is 5.91 Å². The molecule has 1 aromatic heterocycles. The van der Waals surface area contributed by atoms with E-state index in [0.29, 0.717) is 26.2 Å². The lowest BCUT2D eigenvalue weighted by atomic mass is 9.84. The van der Waals surface area contributed by atoms with Crippen molar-refractivity contribution in [2.24, 2.45) is 17.1 Å². The molecular weight excluding hydrogens is 412 g/mol. The van der Waals surface area contributed by atoms with Crippen molar-refractivity contribution in [2.45, 2.75) is 33.4 Å². The first-order chi connectivity index (χ1) is 15.9. The third-order valence-corrected chi connectivity index (χ3v) is 6.14. The molecule has 1 aliphatic heterocycles. The zero-order valence-electron chi connectivity index (χ0n) is 19.8. The van der Waals surface area contributed by atoms with Gasteiger partial charge in [-0.25, -0.2) is 4.98 Å². The molecule has 174 valence electrons. The maximum absolute atomic E-state index is 13.2. The Bertz CT molecular complexity index is 1060. The molecule has 6 nitrogen and oxygen atoms in total. The summed E-state index contributed by atoms with van der Waals surface area (Å²) in [5.74, 6) is 0.977. The van der Waals surface area contributed by atoms with Crippen LogP contribution in [0.4, 0.5) is 0 Å². The van der Waals surface area contributed by atoms with Crippen LogP contribution in [0.5, 0.6) is 0 Å². The van der Waals surface area contributed by atoms with E-state index in [1.54, 1.807) is 0 Å². The van der Waals surface area contributed by atoms with Gasteiger partial charge in [0.05, 0.1) is 18.3 Å². The Morgan fingerprint density at radius 1 is 1.09 bits per heavy atom. The summed E-state index contributed by atoms with van der Waals surface area (Å²) in [5, 5.41) is 0. The number of benzene rings is 2. The number of hydrogen-bond acceptors (Lipinski definition) is 4. The van der Waals surface area contributed by atoms with Crippen molar-refractivity contribution >= 4 is 5.91 Å². The number of imidazole rings is 1. The van der Waals surface area contributed by atoms with Gasteiger partial charge in [-0.2, -0.15) is 0 Å². The van der Waals surface area contributed by atoms with Crippen molar-refractivity contribution in [2.75, 3.05) is 26.3 Å². The topological polar surface area (TPSA) is 73.4 Å². The van der Waals surface area contributed by atoms with Crippen LogP contribution in [0.3, 0.4) is 0 Å². The zero-order valence-corrected chi connectivity index (χ0v) is 19.8. The highest BCUT2D eigenvalue weighted by Crippen LogP contribution is 2.40. The molecule has 33 heavy (non-hydrogen) atoms. The molecule has 6 heteroatoms. The highest BCUT2D eigenvalue weighted by atomic mass is 16.5. The van der Waals surface area contributed by atoms with Crippen LogP contribution in [0.25, 0.3) is 11.3 Å². The predicted octanol–water partition coefficient (Wildman–Crippen LogP) is 4.12. The lowest BCUT2D eigenvalue weighted by Gasteiger charge is -2.40. The fourth-order valence-corrected chi connectivity index (χ4v) is 4.52. The predicted molar refractivity (Wildman–Crippen MR) is 130 cm³/mol. The molecule has 0 radical (unpaired) electrons. The zero-order chi connectivity index (χ0) is 23.4. The molecule has 1 saturated heterocycles. The van der Waals surface area contributed by atoms with E-state index in [1.807, 2.05) is 41.3 Å². The van der Waals surface area contributed by atoms with E-state index in [0.717, 1.165) is 17.1 Å². The summed E-state index contributed by atoms with van der Waals surface area (Å²) in [6.07, 6.45) is 2.11. The monoisotopic (exact) mass is 446 g/mol. The van der Waals surface area contributed by atoms with Crippen LogP contribution in [0.1, 0.15) is 38.2 Å². The maximum atomic E-state index is 13.2. The van der Waals surface area contributed by atoms with Gasteiger partial charge in [0.1, 0.15) is 12.4 Å². The lowest BCUT2D eigenvalue weighted by molar-refractivity contribution is -0.139. The molecule has 0 bridgehead atoms. The van der Waals surface area contributed by atoms with Crippen LogP contribution >= 0.6 is 0 Å². The van der Waals surface area contributed by atoms with Crippen molar-refractivity contribution < 1.29 is 9.53 Å². The molecule has 1 amide bonds. The number of aromatic nitrogens is 2. The van der Waals surface area contributed by atoms with Gasteiger partial charge in [-0.3, -0.25) is 4.79 Å². The number of nitrogens with two attached hydrogens (primary N) is 1. The number of amides is 1. The molecule has 2 N–H and O–H groups in total. The van der Waals surface area contributed by atoms with Crippen molar-refractivity contribution in [3.8, 4) is 11.3 Å². The summed E-state index contributed by atoms with van der Waals surface area (Å²) < 4.78 is 7.84. The van der Waals surface area contributed by atoms with Gasteiger partial charge in [0.15, 0.2) is 0 Å². The van der Waals surface area contributed by atoms with Gasteiger partial charge >= 0.3 is 0 Å². The molecule has 3 aromatic rings. The van der Waals surface area contributed by atoms with Crippen molar-refractivity contribution in [1.82, 2.24) is 14.5 Å². The maximum Gasteiger partial charge on any atom is 0.249 e. The second kappa shape index (κ2) is 9.89. The van der Waals surface area contributed by atoms with Crippen molar-refractivity contribution in [1.29, 1.82) is 0 Å². The second-order valence-electron chi connectivity index (χ2n) is 9.90. The molecule has 2 heterocycles. The standard InChI is InChI=1S/C27H34N4O2/c1-27(2,3)25(31-16-21(14-28)18-33-19-24(31)32)26-29-23(22-12-8-5-9-13-22)17-30(26)15-20-10-6-4-7-11-20/h4-13,17,21,25H,14-16,18-19,28H2,1-3H3. The molecular formula is C27H34N4O2. The Labute approximate surface area is 196 Å². The smallest absolute Gasteiger partial charge is 0.249 e. The molecule has 1 fully saturated rings. The Balaban J connectivity index is 1.83. The summed E-state index contributed by atoms with van der Waals surface area (Å²) in [5.41, 5.74) is 8.91. The van der Waals surface area contributed by atoms with E-state index in [-0.39, 0.29) is 29.9 Å². The number of rotatable bonds is 6. The minimum absolute atomic E-state index is 0.0126. The largest absolute Gasteiger partial charge is 0.371 e. The van der Waals surface area contributed by atoms with Gasteiger partial charge in [-0.15, -0.1) is 0 Å². The third-order valence-electron chi connectivity index (χ3n) is 6.14. The van der Waals surface area contributed by atoms with Crippen LogP contribution in [0, 0.1) is 11.3 Å². The highest BCUT2D eigenvalue weighted by molar-refractivity contribution is 5.78. The van der Waals surface area contributed by atoms with Gasteiger partial charge < -0.3 is 19.9 Å². The summed E-state index contributed by atoms with van der Waals surface area (Å²) in [7, 11) is 0. The summed E-state index contributed by atoms with van der Waals surface area (Å²) >= 11 is 0. The van der Waals surface area contributed by atoms with Crippen molar-refractivity contribution in [3.63, 3.8) is 0 Å². The third kappa shape index (κ3) is 5.34. The molecule has 0 spiro atoms. The molecule has 4 rings (SSSR count). The van der Waals surface area contributed by atoms with Gasteiger partial charge in [-0.05, 0) is 17.5 Å². The Hall–Kier alpha value is -2.96. The number of nitrogens with zero attached hydrogens (tertiary/aromatic N) is 3. The number of carbonyl (C=O) groups is 1. The van der Waals surface area contributed by atoms with Crippen LogP contribution in [0.15, 0.2) is 66.9 Å². The first kappa shape index (κ1) is 23.2. The average Bonchev–Trinajstić information content (AvgIpc) is 3.11. The van der Waals surface area contributed by atoms with E-state index < -0.39 is 0 Å². The van der Waals surface area contributed by atoms with Crippen LogP contribution in [-0.2, 0) is 16.1 Å². The molecule has 0 aliphatic carbocycles. The Morgan fingerprint density at radius 3 is 2.39 bits per heavy atom. The minimum Gasteiger partial charge on any atom is -0.371 e. The first-order valence-electron chi connectivity index (χ1n) is 11.6. The van der Waals surface area contributed by atoms with E-state index in [9.17, 15) is 4.79 Å². The minimum atomic E-state index is -0.243. The second-order valence-corrected chi connectivity index (χ2v) is 9.90. The fourth-order valence-electron chi connectivity index (χ4n) is 4.52. The van der Waals surface area contributed by atoms with Gasteiger partial charge in [-0.1, -0.05) is 81.4 Å². The molecule has 2 aromatic carbocycles. The van der Waals surface area contributed by atoms with E-state index in [1.165, 1.54) is 5.56 Å². The first-order valence-corrected chi connectivity index (χ1v) is 11.6. The SMILES string of the molecule is CC(C)(C)C(c1nc(-c2ccccc2)cn1Cc1ccccc1)N1CC(CN)COCC1=O. The van der Waals surface area contributed by atoms with E-state index in [2.05, 4.69) is 55.8 Å². The quantitative estimate of drug-likeness (QED) is 0.618. The molecule has 1 aliphatic rings. The average molecular weight is 447 g/mol. The van der Waals surface area contributed by atoms with E-state index in [4.69, 9.17) is 15.5 Å². The van der Waals surface area contributed by atoms with E-state index >= 15 is 0 Å². The number of carbonyl (C=O) groups excluding carboxylic acids is 1. The molecule has 2 atom stereocenters. The van der Waals surface area contributed by atoms with Crippen LogP contribution in [-0.4, -0.2) is 46.7 Å². The summed E-state index contributed by atoms with van der Waals surface area (Å²) in [6.45, 7) is 8.80. The number of hydrogen-bond donors (Lipinski definition) is 1. The molecule has 0 saturated carbocycles. The lowest BCUT2D eigenvalue weighted by Crippen LogP contribution is -2.45. The van der Waals surface area contributed by atoms with Crippen LogP contribution < -0.4 is 5.73 Å². The fraction of sp³-hybridized carbons (Fsp3) is 0.407. The normalized spacial score (nSPS) is 18.2. The summed E-state index contributed by atoms with van der Waals surface area (Å²) in [4.78, 5) is 20.3. The van der Waals surface area contributed by atoms with Gasteiger partial charge in [0, 0.05) is 30.8 Å². The number of ether oxygens (including phenoxy) is 1. The Morgan fingerprint density at radius 2 is 1.76 bits per heavy atom. The highest BCUT2D eigenvalue weighted by Gasteiger charge is 2.40.